The number of nitrogens with one attached hydrogen (secondary N) is 3. The van der Waals surface area contributed by atoms with Gasteiger partial charge in [-0.15, -0.1) is 0 Å². The number of hydrogen-bond acceptors (Lipinski definition) is 3. The lowest BCUT2D eigenvalue weighted by molar-refractivity contribution is -0.117. The third-order valence-electron chi connectivity index (χ3n) is 3.83. The highest BCUT2D eigenvalue weighted by Gasteiger charge is 2.33. The van der Waals surface area contributed by atoms with Gasteiger partial charge in [0.25, 0.3) is 5.91 Å². The summed E-state index contributed by atoms with van der Waals surface area (Å²) in [5.41, 5.74) is 6.49. The summed E-state index contributed by atoms with van der Waals surface area (Å²) in [5.74, 6) is 0.631. The van der Waals surface area contributed by atoms with Crippen LogP contribution in [0.2, 0.25) is 0 Å². The number of carbonyl (C=O) groups excluding carboxylic acids is 2. The highest BCUT2D eigenvalue weighted by Crippen LogP contribution is 2.28. The Bertz CT molecular complexity index is 612. The Morgan fingerprint density at radius 1 is 1.25 bits per heavy atom. The van der Waals surface area contributed by atoms with E-state index in [2.05, 4.69) is 27.9 Å². The van der Waals surface area contributed by atoms with Crippen LogP contribution in [0.5, 0.6) is 0 Å². The van der Waals surface area contributed by atoms with Gasteiger partial charge in [0.2, 0.25) is 5.91 Å². The van der Waals surface area contributed by atoms with Gasteiger partial charge >= 0.3 is 0 Å². The van der Waals surface area contributed by atoms with Crippen molar-refractivity contribution in [2.45, 2.75) is 32.9 Å². The molecular weight excluding hydrogens is 306 g/mol. The van der Waals surface area contributed by atoms with Gasteiger partial charge in [0.15, 0.2) is 5.96 Å². The van der Waals surface area contributed by atoms with E-state index in [1.54, 1.807) is 12.1 Å². The van der Waals surface area contributed by atoms with Crippen molar-refractivity contribution in [3.63, 3.8) is 0 Å². The highest BCUT2D eigenvalue weighted by molar-refractivity contribution is 5.96. The van der Waals surface area contributed by atoms with Crippen molar-refractivity contribution in [1.29, 1.82) is 0 Å². The van der Waals surface area contributed by atoms with E-state index in [1.807, 2.05) is 19.1 Å². The third-order valence-corrected chi connectivity index (χ3v) is 3.83. The molecule has 0 spiro atoms. The van der Waals surface area contributed by atoms with Crippen LogP contribution in [-0.2, 0) is 11.3 Å². The fraction of sp³-hybridized carbons (Fsp3) is 0.471. The SMILES string of the molecule is CCNC(=NCc1ccc(C(=O)NCC(N)=O)cc1)NC1CC1C. The van der Waals surface area contributed by atoms with Gasteiger partial charge in [0.05, 0.1) is 13.1 Å². The zero-order valence-electron chi connectivity index (χ0n) is 14.1. The Hall–Kier alpha value is -2.57. The van der Waals surface area contributed by atoms with Gasteiger partial charge < -0.3 is 21.7 Å². The maximum Gasteiger partial charge on any atom is 0.251 e. The lowest BCUT2D eigenvalue weighted by Gasteiger charge is -2.10. The second kappa shape index (κ2) is 8.33. The number of primary amides is 1. The second-order valence-corrected chi connectivity index (χ2v) is 6.00. The topological polar surface area (TPSA) is 109 Å². The van der Waals surface area contributed by atoms with Crippen LogP contribution in [0.15, 0.2) is 29.3 Å². The fourth-order valence-electron chi connectivity index (χ4n) is 2.22. The molecular formula is C17H25N5O2. The molecule has 1 aliphatic carbocycles. The lowest BCUT2D eigenvalue weighted by Crippen LogP contribution is -2.39. The zero-order valence-corrected chi connectivity index (χ0v) is 14.1. The van der Waals surface area contributed by atoms with Crippen molar-refractivity contribution >= 4 is 17.8 Å². The van der Waals surface area contributed by atoms with Crippen LogP contribution in [0, 0.1) is 5.92 Å². The van der Waals surface area contributed by atoms with Gasteiger partial charge in [-0.25, -0.2) is 4.99 Å². The molecule has 7 heteroatoms. The molecule has 0 saturated heterocycles. The van der Waals surface area contributed by atoms with Crippen LogP contribution in [0.25, 0.3) is 0 Å². The number of benzene rings is 1. The molecule has 130 valence electrons. The Morgan fingerprint density at radius 2 is 1.92 bits per heavy atom. The zero-order chi connectivity index (χ0) is 17.5. The molecule has 1 aromatic rings. The summed E-state index contributed by atoms with van der Waals surface area (Å²) < 4.78 is 0. The maximum absolute atomic E-state index is 11.8. The van der Waals surface area contributed by atoms with Crippen LogP contribution < -0.4 is 21.7 Å². The molecule has 0 aromatic heterocycles. The molecule has 0 aliphatic heterocycles. The van der Waals surface area contributed by atoms with E-state index in [9.17, 15) is 9.59 Å². The summed E-state index contributed by atoms with van der Waals surface area (Å²) in [7, 11) is 0. The average molecular weight is 331 g/mol. The molecule has 1 saturated carbocycles. The summed E-state index contributed by atoms with van der Waals surface area (Å²) >= 11 is 0. The van der Waals surface area contributed by atoms with E-state index in [1.165, 1.54) is 6.42 Å². The Balaban J connectivity index is 1.90. The Kier molecular flexibility index (Phi) is 6.17. The van der Waals surface area contributed by atoms with Crippen molar-refractivity contribution < 1.29 is 9.59 Å². The monoisotopic (exact) mass is 331 g/mol. The molecule has 2 atom stereocenters. The number of amides is 2. The summed E-state index contributed by atoms with van der Waals surface area (Å²) in [4.78, 5) is 27.0. The van der Waals surface area contributed by atoms with E-state index in [4.69, 9.17) is 5.73 Å². The summed E-state index contributed by atoms with van der Waals surface area (Å²) in [6.45, 7) is 5.42. The molecule has 0 heterocycles. The van der Waals surface area contributed by atoms with Crippen LogP contribution in [-0.4, -0.2) is 36.9 Å². The van der Waals surface area contributed by atoms with Crippen molar-refractivity contribution in [1.82, 2.24) is 16.0 Å². The van der Waals surface area contributed by atoms with Crippen LogP contribution in [0.4, 0.5) is 0 Å². The van der Waals surface area contributed by atoms with Crippen LogP contribution >= 0.6 is 0 Å². The number of nitrogens with zero attached hydrogens (tertiary/aromatic N) is 1. The molecule has 1 aliphatic rings. The van der Waals surface area contributed by atoms with E-state index < -0.39 is 5.91 Å². The number of aliphatic imine (C=N–C) groups is 1. The first-order chi connectivity index (χ1) is 11.5. The molecule has 7 nitrogen and oxygen atoms in total. The molecule has 2 amide bonds. The predicted octanol–water partition coefficient (Wildman–Crippen LogP) is 0.365. The Morgan fingerprint density at radius 3 is 2.46 bits per heavy atom. The summed E-state index contributed by atoms with van der Waals surface area (Å²) in [6.07, 6.45) is 1.18. The molecule has 0 bridgehead atoms. The standard InChI is InChI=1S/C17H25N5O2/c1-3-19-17(22-14-8-11(14)2)21-9-12-4-6-13(7-5-12)16(24)20-10-15(18)23/h4-7,11,14H,3,8-10H2,1-2H3,(H2,18,23)(H,20,24)(H2,19,21,22). The molecule has 0 radical (unpaired) electrons. The summed E-state index contributed by atoms with van der Waals surface area (Å²) in [5, 5.41) is 9.09. The van der Waals surface area contributed by atoms with Gasteiger partial charge in [0, 0.05) is 18.2 Å². The molecule has 24 heavy (non-hydrogen) atoms. The van der Waals surface area contributed by atoms with Gasteiger partial charge in [-0.1, -0.05) is 19.1 Å². The first-order valence-corrected chi connectivity index (χ1v) is 8.20. The van der Waals surface area contributed by atoms with Crippen molar-refractivity contribution in [2.75, 3.05) is 13.1 Å². The number of carbonyl (C=O) groups is 2. The molecule has 5 N–H and O–H groups in total. The minimum Gasteiger partial charge on any atom is -0.368 e. The maximum atomic E-state index is 11.8. The predicted molar refractivity (Wildman–Crippen MR) is 93.5 cm³/mol. The van der Waals surface area contributed by atoms with Crippen LogP contribution in [0.1, 0.15) is 36.2 Å². The number of guanidine groups is 1. The van der Waals surface area contributed by atoms with Gasteiger partial charge in [0.1, 0.15) is 0 Å². The van der Waals surface area contributed by atoms with Crippen LogP contribution in [0.3, 0.4) is 0 Å². The second-order valence-electron chi connectivity index (χ2n) is 6.00. The smallest absolute Gasteiger partial charge is 0.251 e. The van der Waals surface area contributed by atoms with Gasteiger partial charge in [-0.2, -0.15) is 0 Å². The van der Waals surface area contributed by atoms with Crippen molar-refractivity contribution in [2.24, 2.45) is 16.6 Å². The average Bonchev–Trinajstić information content (AvgIpc) is 3.26. The minimum absolute atomic E-state index is 0.164. The number of nitrogens with two attached hydrogens (primary N) is 1. The fourth-order valence-corrected chi connectivity index (χ4v) is 2.22. The molecule has 1 fully saturated rings. The van der Waals surface area contributed by atoms with E-state index >= 15 is 0 Å². The van der Waals surface area contributed by atoms with E-state index in [0.717, 1.165) is 18.1 Å². The Labute approximate surface area is 142 Å². The van der Waals surface area contributed by atoms with Gasteiger partial charge in [-0.05, 0) is 37.0 Å². The molecule has 1 aromatic carbocycles. The normalized spacial score (nSPS) is 19.5. The highest BCUT2D eigenvalue weighted by atomic mass is 16.2. The first-order valence-electron chi connectivity index (χ1n) is 8.20. The number of rotatable bonds is 7. The van der Waals surface area contributed by atoms with Crippen molar-refractivity contribution in [3.8, 4) is 0 Å². The molecule has 2 unspecified atom stereocenters. The largest absolute Gasteiger partial charge is 0.368 e. The number of hydrogen-bond donors (Lipinski definition) is 4. The quantitative estimate of drug-likeness (QED) is 0.427. The molecule has 2 rings (SSSR count). The van der Waals surface area contributed by atoms with E-state index in [-0.39, 0.29) is 12.5 Å². The first kappa shape index (κ1) is 17.8. The third kappa shape index (κ3) is 5.57. The van der Waals surface area contributed by atoms with Gasteiger partial charge in [-0.3, -0.25) is 9.59 Å². The van der Waals surface area contributed by atoms with Crippen molar-refractivity contribution in [3.05, 3.63) is 35.4 Å². The minimum atomic E-state index is -0.567. The van der Waals surface area contributed by atoms with E-state index in [0.29, 0.717) is 24.1 Å². The summed E-state index contributed by atoms with van der Waals surface area (Å²) in [6, 6.07) is 7.65. The lowest BCUT2D eigenvalue weighted by atomic mass is 10.1.